The number of carbonyl (C=O) groups excluding carboxylic acids is 2. The van der Waals surface area contributed by atoms with E-state index in [4.69, 9.17) is 39.3 Å². The number of ether oxygens (including phenoxy) is 6. The Morgan fingerprint density at radius 2 is 1.40 bits per heavy atom. The van der Waals surface area contributed by atoms with Crippen molar-refractivity contribution in [3.63, 3.8) is 0 Å². The van der Waals surface area contributed by atoms with Crippen LogP contribution in [0.3, 0.4) is 0 Å². The zero-order valence-corrected chi connectivity index (χ0v) is 37.1. The lowest BCUT2D eigenvalue weighted by Crippen LogP contribution is -2.48. The van der Waals surface area contributed by atoms with E-state index in [0.717, 1.165) is 55.9 Å². The fourth-order valence-corrected chi connectivity index (χ4v) is 6.89. The van der Waals surface area contributed by atoms with E-state index in [0.29, 0.717) is 112 Å². The number of hydrogen-bond acceptors (Lipinski definition) is 14. The standard InChI is InChI=1S/C44H70N8O10/c1-4-5-6-11-46-42-41-38(48-44(45)49-42)9-13-52(41)33-37-8-7-36(30-34(37)2)32-50-14-16-51(17-15-50)39(53)10-18-57-20-22-59-24-26-61-28-29-62-27-25-60-23-21-58-19-12-47-43(56)35(3)31-40(54)55/h7-9,13,30,35H,4-6,10-12,14-29,31-33H2,1-3H3,(H,47,56)(H,54,55)(H3,45,46,48,49). The second-order valence-corrected chi connectivity index (χ2v) is 15.4. The number of aryl methyl sites for hydroxylation is 1. The van der Waals surface area contributed by atoms with Gasteiger partial charge in [0.25, 0.3) is 0 Å². The largest absolute Gasteiger partial charge is 0.481 e. The smallest absolute Gasteiger partial charge is 0.304 e. The summed E-state index contributed by atoms with van der Waals surface area (Å²) < 4.78 is 35.2. The minimum absolute atomic E-state index is 0.119. The van der Waals surface area contributed by atoms with Crippen LogP contribution in [0.2, 0.25) is 0 Å². The summed E-state index contributed by atoms with van der Waals surface area (Å²) in [4.78, 5) is 48.5. The van der Waals surface area contributed by atoms with E-state index >= 15 is 0 Å². The van der Waals surface area contributed by atoms with E-state index in [1.807, 2.05) is 11.0 Å². The first kappa shape index (κ1) is 50.2. The van der Waals surface area contributed by atoms with Gasteiger partial charge in [-0.15, -0.1) is 0 Å². The number of nitrogens with one attached hydrogen (secondary N) is 2. The highest BCUT2D eigenvalue weighted by Crippen LogP contribution is 2.25. The maximum atomic E-state index is 12.8. The van der Waals surface area contributed by atoms with Gasteiger partial charge in [-0.05, 0) is 36.1 Å². The number of carboxylic acid groups (broad SMARTS) is 1. The number of aliphatic carboxylic acids is 1. The first-order valence-electron chi connectivity index (χ1n) is 22.0. The molecule has 18 heteroatoms. The van der Waals surface area contributed by atoms with Gasteiger partial charge in [0.1, 0.15) is 5.52 Å². The van der Waals surface area contributed by atoms with Gasteiger partial charge in [0.15, 0.2) is 5.82 Å². The molecule has 2 amide bonds. The number of piperazine rings is 1. The fraction of sp³-hybridized carbons (Fsp3) is 0.659. The summed E-state index contributed by atoms with van der Waals surface area (Å²) in [5.41, 5.74) is 11.6. The van der Waals surface area contributed by atoms with Crippen LogP contribution in [0.4, 0.5) is 11.8 Å². The van der Waals surface area contributed by atoms with Gasteiger partial charge in [0, 0.05) is 64.5 Å². The molecule has 4 rings (SSSR count). The monoisotopic (exact) mass is 871 g/mol. The average molecular weight is 871 g/mol. The van der Waals surface area contributed by atoms with Crippen molar-refractivity contribution in [2.45, 2.75) is 66.0 Å². The van der Waals surface area contributed by atoms with E-state index in [1.165, 1.54) is 23.1 Å². The summed E-state index contributed by atoms with van der Waals surface area (Å²) in [7, 11) is 0. The van der Waals surface area contributed by atoms with E-state index < -0.39 is 11.9 Å². The maximum Gasteiger partial charge on any atom is 0.304 e. The highest BCUT2D eigenvalue weighted by Gasteiger charge is 2.21. The molecule has 3 aromatic rings. The molecule has 1 aromatic carbocycles. The first-order chi connectivity index (χ1) is 30.1. The second kappa shape index (κ2) is 29.0. The Bertz CT molecular complexity index is 1770. The Hall–Kier alpha value is -4.43. The Morgan fingerprint density at radius 1 is 0.790 bits per heavy atom. The first-order valence-corrected chi connectivity index (χ1v) is 22.0. The third-order valence-corrected chi connectivity index (χ3v) is 10.4. The van der Waals surface area contributed by atoms with Crippen LogP contribution in [0.5, 0.6) is 0 Å². The highest BCUT2D eigenvalue weighted by atomic mass is 16.6. The van der Waals surface area contributed by atoms with Crippen LogP contribution in [-0.4, -0.2) is 166 Å². The number of fused-ring (bicyclic) bond motifs is 1. The summed E-state index contributed by atoms with van der Waals surface area (Å²) in [6, 6.07) is 8.70. The van der Waals surface area contributed by atoms with Crippen molar-refractivity contribution in [1.82, 2.24) is 29.7 Å². The van der Waals surface area contributed by atoms with Crippen molar-refractivity contribution in [2.75, 3.05) is 130 Å². The predicted molar refractivity (Wildman–Crippen MR) is 236 cm³/mol. The molecular formula is C44H70N8O10. The van der Waals surface area contributed by atoms with Crippen LogP contribution in [0, 0.1) is 12.8 Å². The number of benzene rings is 1. The van der Waals surface area contributed by atoms with Gasteiger partial charge in [0.05, 0.1) is 97.6 Å². The molecule has 1 saturated heterocycles. The molecule has 1 atom stereocenters. The number of unbranched alkanes of at least 4 members (excludes halogenated alkanes) is 2. The Labute approximate surface area is 366 Å². The number of nitrogens with two attached hydrogens (primary N) is 1. The molecule has 1 unspecified atom stereocenters. The number of carboxylic acids is 1. The van der Waals surface area contributed by atoms with Gasteiger partial charge >= 0.3 is 5.97 Å². The molecule has 0 saturated carbocycles. The van der Waals surface area contributed by atoms with Crippen molar-refractivity contribution < 1.29 is 47.9 Å². The molecule has 0 radical (unpaired) electrons. The molecule has 18 nitrogen and oxygen atoms in total. The minimum atomic E-state index is -1.00. The molecule has 0 bridgehead atoms. The van der Waals surface area contributed by atoms with Crippen molar-refractivity contribution >= 4 is 40.6 Å². The SMILES string of the molecule is CCCCCNc1nc(N)nc2ccn(Cc3ccc(CN4CCN(C(=O)CCOCCOCCOCCOCCOCCOCCNC(=O)C(C)CC(=O)O)CC4)cc3C)c12. The average Bonchev–Trinajstić information content (AvgIpc) is 3.65. The van der Waals surface area contributed by atoms with Crippen LogP contribution < -0.4 is 16.4 Å². The van der Waals surface area contributed by atoms with Crippen LogP contribution in [0.1, 0.15) is 62.6 Å². The van der Waals surface area contributed by atoms with Gasteiger partial charge in [0.2, 0.25) is 17.8 Å². The van der Waals surface area contributed by atoms with E-state index in [2.05, 4.69) is 68.3 Å². The van der Waals surface area contributed by atoms with E-state index in [9.17, 15) is 14.4 Å². The zero-order chi connectivity index (χ0) is 44.4. The zero-order valence-electron chi connectivity index (χ0n) is 37.1. The molecule has 0 spiro atoms. The predicted octanol–water partition coefficient (Wildman–Crippen LogP) is 3.33. The number of anilines is 2. The quantitative estimate of drug-likeness (QED) is 0.0647. The van der Waals surface area contributed by atoms with Crippen molar-refractivity contribution in [1.29, 1.82) is 0 Å². The number of aromatic nitrogens is 3. The lowest BCUT2D eigenvalue weighted by molar-refractivity contribution is -0.140. The number of amides is 2. The third-order valence-electron chi connectivity index (χ3n) is 10.4. The van der Waals surface area contributed by atoms with E-state index in [-0.39, 0.29) is 24.2 Å². The lowest BCUT2D eigenvalue weighted by Gasteiger charge is -2.35. The second-order valence-electron chi connectivity index (χ2n) is 15.4. The van der Waals surface area contributed by atoms with Crippen LogP contribution in [0.25, 0.3) is 11.0 Å². The molecule has 62 heavy (non-hydrogen) atoms. The molecule has 1 aliphatic heterocycles. The molecule has 1 aliphatic rings. The Balaban J connectivity index is 0.954. The molecule has 1 fully saturated rings. The topological polar surface area (TPSA) is 214 Å². The Kier molecular flexibility index (Phi) is 23.5. The Morgan fingerprint density at radius 3 is 2.00 bits per heavy atom. The molecule has 0 aliphatic carbocycles. The van der Waals surface area contributed by atoms with Crippen LogP contribution in [0.15, 0.2) is 30.5 Å². The fourth-order valence-electron chi connectivity index (χ4n) is 6.89. The highest BCUT2D eigenvalue weighted by molar-refractivity contribution is 5.87. The summed E-state index contributed by atoms with van der Waals surface area (Å²) in [6.07, 6.45) is 5.62. The van der Waals surface area contributed by atoms with Gasteiger partial charge in [-0.1, -0.05) is 44.9 Å². The van der Waals surface area contributed by atoms with Gasteiger partial charge < -0.3 is 59.4 Å². The minimum Gasteiger partial charge on any atom is -0.481 e. The maximum absolute atomic E-state index is 12.8. The van der Waals surface area contributed by atoms with Crippen molar-refractivity contribution in [2.24, 2.45) is 5.92 Å². The molecule has 346 valence electrons. The summed E-state index contributed by atoms with van der Waals surface area (Å²) in [5, 5.41) is 14.9. The molecular weight excluding hydrogens is 801 g/mol. The summed E-state index contributed by atoms with van der Waals surface area (Å²) in [5.74, 6) is -0.704. The number of nitrogen functional groups attached to an aromatic ring is 1. The van der Waals surface area contributed by atoms with Crippen molar-refractivity contribution in [3.05, 3.63) is 47.2 Å². The number of carbonyl (C=O) groups is 3. The molecule has 5 N–H and O–H groups in total. The summed E-state index contributed by atoms with van der Waals surface area (Å²) in [6.45, 7) is 16.7. The molecule has 3 heterocycles. The van der Waals surface area contributed by atoms with Crippen molar-refractivity contribution in [3.8, 4) is 0 Å². The van der Waals surface area contributed by atoms with Crippen LogP contribution in [-0.2, 0) is 55.9 Å². The normalized spacial score (nSPS) is 13.8. The van der Waals surface area contributed by atoms with Gasteiger partial charge in [-0.2, -0.15) is 4.98 Å². The molecule has 2 aromatic heterocycles. The number of hydrogen-bond donors (Lipinski definition) is 4. The number of nitrogens with zero attached hydrogens (tertiary/aromatic N) is 5. The van der Waals surface area contributed by atoms with Gasteiger partial charge in [-0.25, -0.2) is 4.98 Å². The number of rotatable bonds is 33. The van der Waals surface area contributed by atoms with Crippen LogP contribution >= 0.6 is 0 Å². The third kappa shape index (κ3) is 18.9. The summed E-state index contributed by atoms with van der Waals surface area (Å²) >= 11 is 0. The lowest BCUT2D eigenvalue weighted by atomic mass is 10.0. The van der Waals surface area contributed by atoms with E-state index in [1.54, 1.807) is 6.92 Å². The van der Waals surface area contributed by atoms with Gasteiger partial charge in [-0.3, -0.25) is 19.3 Å².